The second-order valence-corrected chi connectivity index (χ2v) is 6.33. The van der Waals surface area contributed by atoms with Gasteiger partial charge in [-0.3, -0.25) is 14.6 Å². The molecule has 28 heavy (non-hydrogen) atoms. The number of nitrogens with zero attached hydrogens (tertiary/aromatic N) is 1. The number of hydrogen-bond donors (Lipinski definition) is 2. The quantitative estimate of drug-likeness (QED) is 0.652. The first-order valence-electron chi connectivity index (χ1n) is 8.94. The predicted octanol–water partition coefficient (Wildman–Crippen LogP) is 3.48. The summed E-state index contributed by atoms with van der Waals surface area (Å²) < 4.78 is 0. The number of carbonyl (C=O) groups excluding carboxylic acids is 2. The highest BCUT2D eigenvalue weighted by molar-refractivity contribution is 6.05. The van der Waals surface area contributed by atoms with Gasteiger partial charge in [0.25, 0.3) is 11.8 Å². The normalized spacial score (nSPS) is 11.0. The van der Waals surface area contributed by atoms with Crippen LogP contribution < -0.4 is 10.6 Å². The second-order valence-electron chi connectivity index (χ2n) is 6.33. The molecule has 0 unspecified atom stereocenters. The van der Waals surface area contributed by atoms with Gasteiger partial charge >= 0.3 is 0 Å². The van der Waals surface area contributed by atoms with Crippen molar-refractivity contribution >= 4 is 17.9 Å². The van der Waals surface area contributed by atoms with Crippen LogP contribution in [0.25, 0.3) is 6.08 Å². The SMILES string of the molecule is Cc1ccc(C(=O)N/C(=C/c2ccccc2)C(=O)NCc2cccnc2)cc1. The van der Waals surface area contributed by atoms with Gasteiger partial charge in [-0.05, 0) is 42.3 Å². The zero-order chi connectivity index (χ0) is 19.8. The van der Waals surface area contributed by atoms with Crippen LogP contribution in [0.2, 0.25) is 0 Å². The molecule has 0 fully saturated rings. The summed E-state index contributed by atoms with van der Waals surface area (Å²) in [7, 11) is 0. The molecule has 0 aliphatic heterocycles. The summed E-state index contributed by atoms with van der Waals surface area (Å²) in [6, 6.07) is 20.2. The molecule has 0 aliphatic rings. The lowest BCUT2D eigenvalue weighted by Gasteiger charge is -2.11. The molecule has 0 saturated heterocycles. The van der Waals surface area contributed by atoms with Crippen LogP contribution in [0.15, 0.2) is 84.8 Å². The van der Waals surface area contributed by atoms with Gasteiger partial charge in [0, 0.05) is 24.5 Å². The van der Waals surface area contributed by atoms with Crippen LogP contribution in [0.3, 0.4) is 0 Å². The highest BCUT2D eigenvalue weighted by Gasteiger charge is 2.14. The van der Waals surface area contributed by atoms with Crippen LogP contribution in [-0.2, 0) is 11.3 Å². The van der Waals surface area contributed by atoms with Crippen molar-refractivity contribution in [2.75, 3.05) is 0 Å². The monoisotopic (exact) mass is 371 g/mol. The van der Waals surface area contributed by atoms with Gasteiger partial charge in [0.15, 0.2) is 0 Å². The minimum absolute atomic E-state index is 0.181. The Hall–Kier alpha value is -3.73. The topological polar surface area (TPSA) is 71.1 Å². The van der Waals surface area contributed by atoms with E-state index in [0.717, 1.165) is 16.7 Å². The van der Waals surface area contributed by atoms with Crippen LogP contribution in [0.5, 0.6) is 0 Å². The van der Waals surface area contributed by atoms with Crippen LogP contribution in [0, 0.1) is 6.92 Å². The predicted molar refractivity (Wildman–Crippen MR) is 109 cm³/mol. The molecule has 0 saturated carbocycles. The van der Waals surface area contributed by atoms with E-state index in [1.54, 1.807) is 36.7 Å². The molecule has 5 heteroatoms. The van der Waals surface area contributed by atoms with E-state index in [0.29, 0.717) is 12.1 Å². The van der Waals surface area contributed by atoms with Crippen molar-refractivity contribution in [3.05, 3.63) is 107 Å². The van der Waals surface area contributed by atoms with Gasteiger partial charge in [0.1, 0.15) is 5.70 Å². The van der Waals surface area contributed by atoms with Crippen LogP contribution in [0.4, 0.5) is 0 Å². The summed E-state index contributed by atoms with van der Waals surface area (Å²) in [6.45, 7) is 2.27. The molecule has 0 radical (unpaired) electrons. The van der Waals surface area contributed by atoms with E-state index in [9.17, 15) is 9.59 Å². The Morgan fingerprint density at radius 2 is 1.71 bits per heavy atom. The molecule has 0 aliphatic carbocycles. The average Bonchev–Trinajstić information content (AvgIpc) is 2.73. The molecule has 2 N–H and O–H groups in total. The fourth-order valence-electron chi connectivity index (χ4n) is 2.55. The number of benzene rings is 2. The second kappa shape index (κ2) is 9.28. The smallest absolute Gasteiger partial charge is 0.268 e. The zero-order valence-electron chi connectivity index (χ0n) is 15.6. The third-order valence-electron chi connectivity index (χ3n) is 4.09. The summed E-state index contributed by atoms with van der Waals surface area (Å²) in [4.78, 5) is 29.4. The van der Waals surface area contributed by atoms with Crippen molar-refractivity contribution in [2.45, 2.75) is 13.5 Å². The number of aromatic nitrogens is 1. The molecule has 0 spiro atoms. The third kappa shape index (κ3) is 5.38. The van der Waals surface area contributed by atoms with Crippen molar-refractivity contribution in [3.8, 4) is 0 Å². The molecule has 2 aromatic carbocycles. The first-order valence-corrected chi connectivity index (χ1v) is 8.94. The van der Waals surface area contributed by atoms with Gasteiger partial charge < -0.3 is 10.6 Å². The van der Waals surface area contributed by atoms with Gasteiger partial charge in [0.2, 0.25) is 0 Å². The van der Waals surface area contributed by atoms with E-state index >= 15 is 0 Å². The number of aryl methyl sites for hydroxylation is 1. The van der Waals surface area contributed by atoms with Crippen LogP contribution >= 0.6 is 0 Å². The van der Waals surface area contributed by atoms with Gasteiger partial charge in [-0.2, -0.15) is 0 Å². The Labute approximate surface area is 164 Å². The van der Waals surface area contributed by atoms with Crippen molar-refractivity contribution < 1.29 is 9.59 Å². The summed E-state index contributed by atoms with van der Waals surface area (Å²) in [5.74, 6) is -0.702. The molecule has 1 heterocycles. The lowest BCUT2D eigenvalue weighted by Crippen LogP contribution is -2.34. The molecule has 1 aromatic heterocycles. The maximum Gasteiger partial charge on any atom is 0.268 e. The Morgan fingerprint density at radius 3 is 2.39 bits per heavy atom. The number of pyridine rings is 1. The molecule has 5 nitrogen and oxygen atoms in total. The van der Waals surface area contributed by atoms with E-state index in [1.165, 1.54) is 0 Å². The van der Waals surface area contributed by atoms with Crippen LogP contribution in [0.1, 0.15) is 27.0 Å². The van der Waals surface area contributed by atoms with Gasteiger partial charge in [-0.1, -0.05) is 54.1 Å². The standard InChI is InChI=1S/C23H21N3O2/c1-17-9-11-20(12-10-17)22(27)26-21(14-18-6-3-2-4-7-18)23(28)25-16-19-8-5-13-24-15-19/h2-15H,16H2,1H3,(H,25,28)(H,26,27)/b21-14+. The minimum Gasteiger partial charge on any atom is -0.347 e. The van der Waals surface area contributed by atoms with E-state index in [2.05, 4.69) is 15.6 Å². The van der Waals surface area contributed by atoms with E-state index < -0.39 is 0 Å². The largest absolute Gasteiger partial charge is 0.347 e. The summed E-state index contributed by atoms with van der Waals surface area (Å²) in [6.07, 6.45) is 5.02. The average molecular weight is 371 g/mol. The van der Waals surface area contributed by atoms with Crippen molar-refractivity contribution in [3.63, 3.8) is 0 Å². The maximum atomic E-state index is 12.7. The zero-order valence-corrected chi connectivity index (χ0v) is 15.6. The lowest BCUT2D eigenvalue weighted by atomic mass is 10.1. The lowest BCUT2D eigenvalue weighted by molar-refractivity contribution is -0.117. The highest BCUT2D eigenvalue weighted by atomic mass is 16.2. The fourth-order valence-corrected chi connectivity index (χ4v) is 2.55. The number of nitrogens with one attached hydrogen (secondary N) is 2. The van der Waals surface area contributed by atoms with Crippen molar-refractivity contribution in [2.24, 2.45) is 0 Å². The van der Waals surface area contributed by atoms with Crippen molar-refractivity contribution in [1.82, 2.24) is 15.6 Å². The maximum absolute atomic E-state index is 12.7. The molecule has 0 bridgehead atoms. The Balaban J connectivity index is 1.78. The van der Waals surface area contributed by atoms with E-state index in [4.69, 9.17) is 0 Å². The van der Waals surface area contributed by atoms with E-state index in [-0.39, 0.29) is 17.5 Å². The minimum atomic E-state index is -0.367. The Kier molecular flexibility index (Phi) is 6.31. The molecule has 3 aromatic rings. The Bertz CT molecular complexity index is 966. The number of hydrogen-bond acceptors (Lipinski definition) is 3. The Morgan fingerprint density at radius 1 is 0.964 bits per heavy atom. The molecular formula is C23H21N3O2. The summed E-state index contributed by atoms with van der Waals surface area (Å²) >= 11 is 0. The van der Waals surface area contributed by atoms with Gasteiger partial charge in [0.05, 0.1) is 0 Å². The third-order valence-corrected chi connectivity index (χ3v) is 4.09. The van der Waals surface area contributed by atoms with Gasteiger partial charge in [-0.25, -0.2) is 0 Å². The number of amides is 2. The first-order chi connectivity index (χ1) is 13.6. The van der Waals surface area contributed by atoms with E-state index in [1.807, 2.05) is 55.5 Å². The molecule has 140 valence electrons. The molecule has 0 atom stereocenters. The fraction of sp³-hybridized carbons (Fsp3) is 0.0870. The molecule has 2 amide bonds. The highest BCUT2D eigenvalue weighted by Crippen LogP contribution is 2.08. The first kappa shape index (κ1) is 19.0. The molecular weight excluding hydrogens is 350 g/mol. The molecule has 3 rings (SSSR count). The summed E-state index contributed by atoms with van der Waals surface area (Å²) in [5, 5.41) is 5.56. The van der Waals surface area contributed by atoms with Gasteiger partial charge in [-0.15, -0.1) is 0 Å². The number of carbonyl (C=O) groups is 2. The van der Waals surface area contributed by atoms with Crippen LogP contribution in [-0.4, -0.2) is 16.8 Å². The number of rotatable bonds is 6. The summed E-state index contributed by atoms with van der Waals surface area (Å²) in [5.41, 5.74) is 3.43. The van der Waals surface area contributed by atoms with Crippen molar-refractivity contribution in [1.29, 1.82) is 0 Å².